The lowest BCUT2D eigenvalue weighted by molar-refractivity contribution is -0.111. The molecule has 156 valence electrons. The van der Waals surface area contributed by atoms with Crippen LogP contribution in [-0.4, -0.2) is 20.9 Å². The molecule has 0 aliphatic carbocycles. The molecule has 0 saturated carbocycles. The molecule has 0 saturated heterocycles. The summed E-state index contributed by atoms with van der Waals surface area (Å²) in [4.78, 5) is 12.2. The number of rotatable bonds is 9. The van der Waals surface area contributed by atoms with Gasteiger partial charge in [0.15, 0.2) is 0 Å². The van der Waals surface area contributed by atoms with E-state index in [0.717, 1.165) is 5.75 Å². The number of carbonyl (C=O) groups is 1. The van der Waals surface area contributed by atoms with E-state index in [1.54, 1.807) is 54.6 Å². The van der Waals surface area contributed by atoms with E-state index in [1.165, 1.54) is 24.3 Å². The minimum atomic E-state index is -3.62. The van der Waals surface area contributed by atoms with Crippen LogP contribution in [0.3, 0.4) is 0 Å². The lowest BCUT2D eigenvalue weighted by Gasteiger charge is -2.05. The van der Waals surface area contributed by atoms with Crippen LogP contribution in [-0.2, 0) is 21.4 Å². The number of amides is 1. The largest absolute Gasteiger partial charge is 0.494 e. The Balaban J connectivity index is 1.53. The number of hydrogen-bond donors (Lipinski definition) is 2. The molecule has 8 heteroatoms. The molecule has 7 nitrogen and oxygen atoms in total. The Morgan fingerprint density at radius 2 is 1.77 bits per heavy atom. The van der Waals surface area contributed by atoms with E-state index in [0.29, 0.717) is 23.8 Å². The predicted molar refractivity (Wildman–Crippen MR) is 114 cm³/mol. The van der Waals surface area contributed by atoms with Gasteiger partial charge in [-0.2, -0.15) is 0 Å². The average molecular weight is 426 g/mol. The van der Waals surface area contributed by atoms with Crippen LogP contribution in [0.15, 0.2) is 82.1 Å². The normalized spacial score (nSPS) is 11.5. The summed E-state index contributed by atoms with van der Waals surface area (Å²) in [6.07, 6.45) is 2.85. The van der Waals surface area contributed by atoms with Crippen LogP contribution in [0.4, 0.5) is 5.69 Å². The van der Waals surface area contributed by atoms with Gasteiger partial charge in [0.1, 0.15) is 17.3 Å². The Morgan fingerprint density at radius 3 is 2.47 bits per heavy atom. The minimum absolute atomic E-state index is 0.00342. The summed E-state index contributed by atoms with van der Waals surface area (Å²) < 4.78 is 37.8. The van der Waals surface area contributed by atoms with Crippen LogP contribution in [0.5, 0.6) is 5.75 Å². The number of furan rings is 1. The molecule has 0 spiro atoms. The van der Waals surface area contributed by atoms with Crippen molar-refractivity contribution in [3.63, 3.8) is 0 Å². The van der Waals surface area contributed by atoms with Crippen molar-refractivity contribution in [3.05, 3.63) is 84.3 Å². The van der Waals surface area contributed by atoms with E-state index < -0.39 is 10.0 Å². The predicted octanol–water partition coefficient (Wildman–Crippen LogP) is 3.81. The average Bonchev–Trinajstić information content (AvgIpc) is 3.21. The van der Waals surface area contributed by atoms with Gasteiger partial charge in [-0.15, -0.1) is 0 Å². The lowest BCUT2D eigenvalue weighted by atomic mass is 10.3. The molecule has 3 aromatic rings. The number of sulfonamides is 1. The van der Waals surface area contributed by atoms with Crippen molar-refractivity contribution in [2.24, 2.45) is 0 Å². The smallest absolute Gasteiger partial charge is 0.248 e. The third-order valence-corrected chi connectivity index (χ3v) is 5.42. The first-order chi connectivity index (χ1) is 14.5. The van der Waals surface area contributed by atoms with Crippen LogP contribution in [0.2, 0.25) is 0 Å². The van der Waals surface area contributed by atoms with Gasteiger partial charge >= 0.3 is 0 Å². The van der Waals surface area contributed by atoms with Gasteiger partial charge in [-0.25, -0.2) is 13.1 Å². The summed E-state index contributed by atoms with van der Waals surface area (Å²) in [5, 5.41) is 2.74. The molecule has 0 aliphatic rings. The SMILES string of the molecule is CCOc1ccc(NC(=O)/C=C/c2ccc(CNS(=O)(=O)c3ccccc3)o2)cc1. The van der Waals surface area contributed by atoms with Crippen LogP contribution >= 0.6 is 0 Å². The van der Waals surface area contributed by atoms with Crippen molar-refractivity contribution in [1.29, 1.82) is 0 Å². The fourth-order valence-corrected chi connectivity index (χ4v) is 3.59. The van der Waals surface area contributed by atoms with Gasteiger partial charge in [0.2, 0.25) is 15.9 Å². The topological polar surface area (TPSA) is 97.6 Å². The highest BCUT2D eigenvalue weighted by atomic mass is 32.2. The Morgan fingerprint density at radius 1 is 1.03 bits per heavy atom. The highest BCUT2D eigenvalue weighted by Crippen LogP contribution is 2.16. The molecule has 0 radical (unpaired) electrons. The molecule has 1 amide bonds. The molecule has 1 aromatic heterocycles. The first kappa shape index (κ1) is 21.4. The zero-order valence-electron chi connectivity index (χ0n) is 16.4. The summed E-state index contributed by atoms with van der Waals surface area (Å²) in [5.74, 6) is 1.28. The van der Waals surface area contributed by atoms with Gasteiger partial charge in [0.05, 0.1) is 18.0 Å². The number of carbonyl (C=O) groups excluding carboxylic acids is 1. The zero-order chi connectivity index (χ0) is 21.4. The van der Waals surface area contributed by atoms with E-state index in [9.17, 15) is 13.2 Å². The molecule has 2 N–H and O–H groups in total. The maximum atomic E-state index is 12.2. The van der Waals surface area contributed by atoms with Crippen molar-refractivity contribution in [3.8, 4) is 5.75 Å². The Labute approximate surface area is 175 Å². The number of anilines is 1. The maximum absolute atomic E-state index is 12.2. The number of ether oxygens (including phenoxy) is 1. The molecule has 0 unspecified atom stereocenters. The fraction of sp³-hybridized carbons (Fsp3) is 0.136. The molecule has 0 fully saturated rings. The molecular weight excluding hydrogens is 404 g/mol. The number of benzene rings is 2. The second-order valence-corrected chi connectivity index (χ2v) is 7.99. The first-order valence-electron chi connectivity index (χ1n) is 9.31. The standard InChI is InChI=1S/C22H22N2O5S/c1-2-28-18-10-8-17(9-11-18)24-22(25)15-14-19-12-13-20(29-19)16-23-30(26,27)21-6-4-3-5-7-21/h3-15,23H,2,16H2,1H3,(H,24,25)/b15-14+. The lowest BCUT2D eigenvalue weighted by Crippen LogP contribution is -2.22. The van der Waals surface area contributed by atoms with Crippen molar-refractivity contribution in [1.82, 2.24) is 4.72 Å². The third kappa shape index (κ3) is 6.07. The van der Waals surface area contributed by atoms with Crippen molar-refractivity contribution in [2.45, 2.75) is 18.4 Å². The second-order valence-electron chi connectivity index (χ2n) is 6.22. The Bertz CT molecular complexity index is 1100. The van der Waals surface area contributed by atoms with E-state index in [1.807, 2.05) is 6.92 Å². The van der Waals surface area contributed by atoms with Crippen LogP contribution in [0.25, 0.3) is 6.08 Å². The molecule has 2 aromatic carbocycles. The number of nitrogens with one attached hydrogen (secondary N) is 2. The van der Waals surface area contributed by atoms with Gasteiger partial charge in [-0.1, -0.05) is 18.2 Å². The highest BCUT2D eigenvalue weighted by molar-refractivity contribution is 7.89. The maximum Gasteiger partial charge on any atom is 0.248 e. The molecule has 0 aliphatic heterocycles. The summed E-state index contributed by atoms with van der Waals surface area (Å²) >= 11 is 0. The van der Waals surface area contributed by atoms with E-state index in [-0.39, 0.29) is 17.3 Å². The zero-order valence-corrected chi connectivity index (χ0v) is 17.2. The molecule has 3 rings (SSSR count). The van der Waals surface area contributed by atoms with Gasteiger partial charge < -0.3 is 14.5 Å². The molecule has 30 heavy (non-hydrogen) atoms. The van der Waals surface area contributed by atoms with Crippen molar-refractivity contribution < 1.29 is 22.4 Å². The van der Waals surface area contributed by atoms with Crippen LogP contribution in [0.1, 0.15) is 18.4 Å². The van der Waals surface area contributed by atoms with Gasteiger partial charge in [0, 0.05) is 11.8 Å². The summed E-state index contributed by atoms with van der Waals surface area (Å²) in [6, 6.07) is 18.5. The first-order valence-corrected chi connectivity index (χ1v) is 10.8. The van der Waals surface area contributed by atoms with E-state index in [4.69, 9.17) is 9.15 Å². The summed E-state index contributed by atoms with van der Waals surface area (Å²) in [6.45, 7) is 2.48. The van der Waals surface area contributed by atoms with Crippen molar-refractivity contribution >= 4 is 27.7 Å². The molecule has 0 atom stereocenters. The van der Waals surface area contributed by atoms with Crippen LogP contribution in [0, 0.1) is 0 Å². The number of hydrogen-bond acceptors (Lipinski definition) is 5. The quantitative estimate of drug-likeness (QED) is 0.507. The Kier molecular flexibility index (Phi) is 7.05. The van der Waals surface area contributed by atoms with Gasteiger partial charge in [0.25, 0.3) is 0 Å². The van der Waals surface area contributed by atoms with E-state index >= 15 is 0 Å². The summed E-state index contributed by atoms with van der Waals surface area (Å²) in [7, 11) is -3.62. The molecule has 0 bridgehead atoms. The third-order valence-electron chi connectivity index (χ3n) is 4.00. The van der Waals surface area contributed by atoms with Gasteiger partial charge in [-0.05, 0) is 61.5 Å². The monoisotopic (exact) mass is 426 g/mol. The fourth-order valence-electron chi connectivity index (χ4n) is 2.57. The van der Waals surface area contributed by atoms with Gasteiger partial charge in [-0.3, -0.25) is 4.79 Å². The van der Waals surface area contributed by atoms with Crippen LogP contribution < -0.4 is 14.8 Å². The molecular formula is C22H22N2O5S. The van der Waals surface area contributed by atoms with Crippen molar-refractivity contribution in [2.75, 3.05) is 11.9 Å². The van der Waals surface area contributed by atoms with E-state index in [2.05, 4.69) is 10.0 Å². The molecule has 1 heterocycles. The minimum Gasteiger partial charge on any atom is -0.494 e. The second kappa shape index (κ2) is 9.91. The highest BCUT2D eigenvalue weighted by Gasteiger charge is 2.13. The summed E-state index contributed by atoms with van der Waals surface area (Å²) in [5.41, 5.74) is 0.642. The Hall–Kier alpha value is -3.36.